The Hall–Kier alpha value is -0.130. The molecule has 4 aromatic carbocycles. The van der Waals surface area contributed by atoms with Gasteiger partial charge >= 0.3 is 0 Å². The lowest BCUT2D eigenvalue weighted by Crippen LogP contribution is -2.09. The normalized spacial score (nSPS) is 11.7. The second-order valence-corrected chi connectivity index (χ2v) is 16.4. The van der Waals surface area contributed by atoms with Crippen molar-refractivity contribution in [2.75, 3.05) is 0 Å². The monoisotopic (exact) mass is 1060 g/mol. The maximum atomic E-state index is 14.6. The first-order chi connectivity index (χ1) is 18.1. The topological polar surface area (TPSA) is 115 Å². The van der Waals surface area contributed by atoms with Crippen LogP contribution in [0.25, 0.3) is 22.3 Å². The van der Waals surface area contributed by atoms with Gasteiger partial charge in [-0.15, -0.1) is 0 Å². The van der Waals surface area contributed by atoms with Crippen LogP contribution >= 0.6 is 127 Å². The Labute approximate surface area is 289 Å². The van der Waals surface area contributed by atoms with E-state index < -0.39 is 9.84 Å². The molecule has 0 spiro atoms. The van der Waals surface area contributed by atoms with Gasteiger partial charge in [-0.25, -0.2) is 8.42 Å². The number of phenols is 4. The molecule has 0 saturated carbocycles. The lowest BCUT2D eigenvalue weighted by atomic mass is 10.0. The average molecular weight is 1070 g/mol. The van der Waals surface area contributed by atoms with Crippen molar-refractivity contribution in [3.8, 4) is 45.3 Å². The van der Waals surface area contributed by atoms with E-state index in [0.717, 1.165) is 0 Å². The van der Waals surface area contributed by atoms with Gasteiger partial charge in [-0.1, -0.05) is 0 Å². The summed E-state index contributed by atoms with van der Waals surface area (Å²) in [4.78, 5) is -0.596. The molecule has 0 aromatic heterocycles. The van der Waals surface area contributed by atoms with Gasteiger partial charge in [-0.3, -0.25) is 0 Å². The van der Waals surface area contributed by atoms with Crippen molar-refractivity contribution >= 4 is 137 Å². The molecule has 4 aromatic rings. The number of hydrogen-bond donors (Lipinski definition) is 4. The van der Waals surface area contributed by atoms with E-state index in [2.05, 4.69) is 127 Å². The van der Waals surface area contributed by atoms with Gasteiger partial charge in [-0.2, -0.15) is 0 Å². The van der Waals surface area contributed by atoms with E-state index in [1.165, 1.54) is 36.4 Å². The minimum atomic E-state index is -4.55. The van der Waals surface area contributed by atoms with Gasteiger partial charge in [0.15, 0.2) is 0 Å². The fraction of sp³-hybridized carbons (Fsp3) is 0. The molecule has 0 saturated heterocycles. The fourth-order valence-electron chi connectivity index (χ4n) is 3.68. The third-order valence-corrected chi connectivity index (χ3v) is 13.1. The van der Waals surface area contributed by atoms with Gasteiger partial charge < -0.3 is 20.4 Å². The third kappa shape index (κ3) is 5.77. The van der Waals surface area contributed by atoms with Gasteiger partial charge in [0.1, 0.15) is 23.0 Å². The highest BCUT2D eigenvalue weighted by Gasteiger charge is 2.34. The summed E-state index contributed by atoms with van der Waals surface area (Å²) in [6, 6.07) is 9.03. The molecule has 6 nitrogen and oxygen atoms in total. The van der Waals surface area contributed by atoms with Crippen molar-refractivity contribution < 1.29 is 28.8 Å². The predicted molar refractivity (Wildman–Crippen MR) is 177 cm³/mol. The Morgan fingerprint density at radius 3 is 0.974 bits per heavy atom. The predicted octanol–water partition coefficient (Wildman–Crippen LogP) is 10.8. The number of aromatic hydroxyl groups is 4. The molecule has 0 aliphatic carbocycles. The summed E-state index contributed by atoms with van der Waals surface area (Å²) in [6.45, 7) is 0. The first-order valence-corrected chi connectivity index (χ1v) is 17.9. The Morgan fingerprint density at radius 2 is 0.692 bits per heavy atom. The Morgan fingerprint density at radius 1 is 0.436 bits per heavy atom. The summed E-state index contributed by atoms with van der Waals surface area (Å²) >= 11 is 26.2. The van der Waals surface area contributed by atoms with Crippen LogP contribution in [0.3, 0.4) is 0 Å². The molecule has 0 aliphatic heterocycles. The van der Waals surface area contributed by atoms with Crippen LogP contribution in [-0.2, 0) is 9.84 Å². The molecule has 15 heteroatoms. The molecule has 0 fully saturated rings. The van der Waals surface area contributed by atoms with Crippen LogP contribution in [0.1, 0.15) is 0 Å². The number of rotatable bonds is 4. The van der Waals surface area contributed by atoms with Crippen LogP contribution in [-0.4, -0.2) is 28.8 Å². The summed E-state index contributed by atoms with van der Waals surface area (Å²) in [7, 11) is -4.55. The number of benzene rings is 4. The zero-order valence-electron chi connectivity index (χ0n) is 18.5. The van der Waals surface area contributed by atoms with Crippen LogP contribution in [0.5, 0.6) is 23.0 Å². The van der Waals surface area contributed by atoms with E-state index in [9.17, 15) is 28.8 Å². The quantitative estimate of drug-likeness (QED) is 0.162. The SMILES string of the molecule is O=S(=O)(c1c(-c2cc(Br)c(O)c(Br)c2)cc(Br)c(O)c1Br)c1c(-c2cc(Br)c(O)c(Br)c2)cc(Br)c(O)c1Br. The molecule has 0 bridgehead atoms. The minimum Gasteiger partial charge on any atom is -0.506 e. The Balaban J connectivity index is 2.17. The third-order valence-electron chi connectivity index (χ3n) is 5.49. The molecule has 0 unspecified atom stereocenters. The van der Waals surface area contributed by atoms with Crippen molar-refractivity contribution in [1.29, 1.82) is 0 Å². The van der Waals surface area contributed by atoms with Crippen LogP contribution in [0, 0.1) is 0 Å². The molecule has 39 heavy (non-hydrogen) atoms. The molecule has 4 rings (SSSR count). The molecule has 0 atom stereocenters. The van der Waals surface area contributed by atoms with Crippen molar-refractivity contribution in [2.45, 2.75) is 9.79 Å². The smallest absolute Gasteiger partial charge is 0.210 e. The van der Waals surface area contributed by atoms with Crippen LogP contribution < -0.4 is 0 Å². The van der Waals surface area contributed by atoms with Gasteiger partial charge in [0, 0.05) is 11.1 Å². The summed E-state index contributed by atoms with van der Waals surface area (Å²) < 4.78 is 30.6. The van der Waals surface area contributed by atoms with E-state index in [1.807, 2.05) is 0 Å². The van der Waals surface area contributed by atoms with Crippen LogP contribution in [0.15, 0.2) is 82.0 Å². The molecular formula is C24H10Br8O6S. The van der Waals surface area contributed by atoms with Crippen molar-refractivity contribution in [2.24, 2.45) is 0 Å². The van der Waals surface area contributed by atoms with E-state index in [0.29, 0.717) is 29.0 Å². The highest BCUT2D eigenvalue weighted by molar-refractivity contribution is 9.12. The number of hydrogen-bond acceptors (Lipinski definition) is 6. The van der Waals surface area contributed by atoms with Gasteiger partial charge in [0.05, 0.1) is 45.6 Å². The van der Waals surface area contributed by atoms with E-state index in [1.54, 1.807) is 0 Å². The lowest BCUT2D eigenvalue weighted by molar-refractivity contribution is 0.464. The molecule has 4 N–H and O–H groups in total. The second kappa shape index (κ2) is 11.9. The lowest BCUT2D eigenvalue weighted by Gasteiger charge is -2.20. The maximum absolute atomic E-state index is 14.6. The molecule has 0 amide bonds. The van der Waals surface area contributed by atoms with Crippen LogP contribution in [0.2, 0.25) is 0 Å². The van der Waals surface area contributed by atoms with Gasteiger partial charge in [-0.05, 0) is 175 Å². The average Bonchev–Trinajstić information content (AvgIpc) is 2.86. The molecule has 0 radical (unpaired) electrons. The van der Waals surface area contributed by atoms with E-state index >= 15 is 0 Å². The van der Waals surface area contributed by atoms with Crippen molar-refractivity contribution in [3.05, 3.63) is 72.2 Å². The Bertz CT molecular complexity index is 1640. The molecule has 204 valence electrons. The Kier molecular flexibility index (Phi) is 9.67. The number of sulfone groups is 1. The molecule has 0 heterocycles. The van der Waals surface area contributed by atoms with Crippen LogP contribution in [0.4, 0.5) is 0 Å². The van der Waals surface area contributed by atoms with Crippen molar-refractivity contribution in [3.63, 3.8) is 0 Å². The summed E-state index contributed by atoms with van der Waals surface area (Å²) in [5.41, 5.74) is 1.14. The summed E-state index contributed by atoms with van der Waals surface area (Å²) in [6.07, 6.45) is 0. The molecular weight excluding hydrogens is 1060 g/mol. The number of phenolic OH excluding ortho intramolecular Hbond substituents is 4. The zero-order chi connectivity index (χ0) is 29.1. The first kappa shape index (κ1) is 31.8. The van der Waals surface area contributed by atoms with Gasteiger partial charge in [0.2, 0.25) is 9.84 Å². The number of halogens is 8. The first-order valence-electron chi connectivity index (χ1n) is 10.1. The fourth-order valence-corrected chi connectivity index (χ4v) is 11.4. The van der Waals surface area contributed by atoms with E-state index in [-0.39, 0.29) is 61.8 Å². The summed E-state index contributed by atoms with van der Waals surface area (Å²) in [5.74, 6) is -0.871. The van der Waals surface area contributed by atoms with E-state index in [4.69, 9.17) is 0 Å². The minimum absolute atomic E-state index is 0.0774. The second-order valence-electron chi connectivity index (χ2n) is 7.88. The standard InChI is InChI=1S/C24H10Br8O6S/c25-11-1-7(2-12(26)19(11)33)9-5-15(29)21(35)17(31)23(9)39(37,38)24-10(6-16(30)22(36)18(24)32)8-3-13(27)20(34)14(28)4-8/h1-6,33-36H. The van der Waals surface area contributed by atoms with Gasteiger partial charge in [0.25, 0.3) is 0 Å². The molecule has 0 aliphatic rings. The van der Waals surface area contributed by atoms with Crippen molar-refractivity contribution in [1.82, 2.24) is 0 Å². The zero-order valence-corrected chi connectivity index (χ0v) is 32.0. The highest BCUT2D eigenvalue weighted by Crippen LogP contribution is 2.52. The summed E-state index contributed by atoms with van der Waals surface area (Å²) in [5, 5.41) is 42.0. The largest absolute Gasteiger partial charge is 0.506 e. The highest BCUT2D eigenvalue weighted by atomic mass is 79.9. The maximum Gasteiger partial charge on any atom is 0.210 e.